The van der Waals surface area contributed by atoms with Crippen molar-refractivity contribution in [2.75, 3.05) is 52.6 Å². The normalized spacial score (nSPS) is 17.6. The van der Waals surface area contributed by atoms with E-state index in [-0.39, 0.29) is 4.90 Å². The second-order valence-electron chi connectivity index (χ2n) is 7.03. The molecule has 158 valence electrons. The Bertz CT molecular complexity index is 896. The molecule has 1 fully saturated rings. The third-order valence-corrected chi connectivity index (χ3v) is 7.75. The molecule has 0 bridgehead atoms. The van der Waals surface area contributed by atoms with Gasteiger partial charge in [-0.3, -0.25) is 4.90 Å². The van der Waals surface area contributed by atoms with Crippen LogP contribution < -0.4 is 9.47 Å². The fourth-order valence-electron chi connectivity index (χ4n) is 3.49. The van der Waals surface area contributed by atoms with Crippen molar-refractivity contribution >= 4 is 21.4 Å². The van der Waals surface area contributed by atoms with Crippen molar-refractivity contribution in [2.24, 2.45) is 0 Å². The summed E-state index contributed by atoms with van der Waals surface area (Å²) in [4.78, 5) is 3.59. The molecule has 0 amide bonds. The molecule has 0 unspecified atom stereocenters. The molecule has 2 aromatic rings. The number of rotatable bonds is 8. The highest BCUT2D eigenvalue weighted by atomic mass is 32.2. The van der Waals surface area contributed by atoms with Crippen molar-refractivity contribution in [3.63, 3.8) is 0 Å². The quantitative estimate of drug-likeness (QED) is 0.631. The Balaban J connectivity index is 1.50. The molecule has 0 saturated carbocycles. The second kappa shape index (κ2) is 9.44. The molecule has 7 nitrogen and oxygen atoms in total. The van der Waals surface area contributed by atoms with Crippen molar-refractivity contribution in [2.45, 2.75) is 17.9 Å². The standard InChI is InChI=1S/C20H26N2O5S2/c23-29(24,18-4-5-19-20(15-18)27-13-12-26-19)22(16-17-3-1-14-28-17)7-2-6-21-8-10-25-11-9-21/h1,3-5,14-15H,2,6-13,16H2. The lowest BCUT2D eigenvalue weighted by atomic mass is 10.3. The summed E-state index contributed by atoms with van der Waals surface area (Å²) in [6, 6.07) is 8.78. The number of morpholine rings is 1. The van der Waals surface area contributed by atoms with Gasteiger partial charge < -0.3 is 14.2 Å². The summed E-state index contributed by atoms with van der Waals surface area (Å²) in [6.07, 6.45) is 0.773. The Morgan fingerprint density at radius 1 is 1.03 bits per heavy atom. The van der Waals surface area contributed by atoms with E-state index in [0.717, 1.165) is 44.1 Å². The third-order valence-electron chi connectivity index (χ3n) is 5.05. The number of hydrogen-bond acceptors (Lipinski definition) is 7. The maximum Gasteiger partial charge on any atom is 0.243 e. The predicted molar refractivity (Wildman–Crippen MR) is 111 cm³/mol. The molecule has 2 aliphatic heterocycles. The minimum absolute atomic E-state index is 0.240. The van der Waals surface area contributed by atoms with E-state index in [1.54, 1.807) is 33.8 Å². The van der Waals surface area contributed by atoms with Crippen LogP contribution in [0, 0.1) is 0 Å². The van der Waals surface area contributed by atoms with Crippen molar-refractivity contribution in [1.29, 1.82) is 0 Å². The largest absolute Gasteiger partial charge is 0.486 e. The van der Waals surface area contributed by atoms with Gasteiger partial charge in [-0.05, 0) is 36.5 Å². The van der Waals surface area contributed by atoms with E-state index in [4.69, 9.17) is 14.2 Å². The maximum atomic E-state index is 13.4. The first kappa shape index (κ1) is 20.6. The van der Waals surface area contributed by atoms with E-state index < -0.39 is 10.0 Å². The van der Waals surface area contributed by atoms with Gasteiger partial charge in [0.25, 0.3) is 0 Å². The molecule has 9 heteroatoms. The summed E-state index contributed by atoms with van der Waals surface area (Å²) in [6.45, 7) is 5.90. The van der Waals surface area contributed by atoms with Gasteiger partial charge in [-0.15, -0.1) is 11.3 Å². The molecule has 29 heavy (non-hydrogen) atoms. The van der Waals surface area contributed by atoms with Gasteiger partial charge in [-0.2, -0.15) is 4.31 Å². The molecule has 0 N–H and O–H groups in total. The number of hydrogen-bond donors (Lipinski definition) is 0. The molecule has 4 rings (SSSR count). The van der Waals surface area contributed by atoms with Crippen LogP contribution in [0.15, 0.2) is 40.6 Å². The smallest absolute Gasteiger partial charge is 0.243 e. The number of benzene rings is 1. The van der Waals surface area contributed by atoms with Gasteiger partial charge in [-0.1, -0.05) is 6.07 Å². The van der Waals surface area contributed by atoms with Crippen molar-refractivity contribution in [3.05, 3.63) is 40.6 Å². The molecule has 1 aromatic heterocycles. The van der Waals surface area contributed by atoms with E-state index in [2.05, 4.69) is 4.90 Å². The first-order valence-electron chi connectivity index (χ1n) is 9.85. The van der Waals surface area contributed by atoms with Crippen molar-refractivity contribution in [1.82, 2.24) is 9.21 Å². The number of nitrogens with zero attached hydrogens (tertiary/aromatic N) is 2. The average Bonchev–Trinajstić information content (AvgIpc) is 3.26. The highest BCUT2D eigenvalue weighted by Gasteiger charge is 2.27. The zero-order chi connectivity index (χ0) is 20.1. The lowest BCUT2D eigenvalue weighted by molar-refractivity contribution is 0.0368. The molecular weight excluding hydrogens is 412 g/mol. The van der Waals surface area contributed by atoms with Crippen LogP contribution in [0.1, 0.15) is 11.3 Å². The minimum Gasteiger partial charge on any atom is -0.486 e. The zero-order valence-corrected chi connectivity index (χ0v) is 17.9. The third kappa shape index (κ3) is 5.10. The van der Waals surface area contributed by atoms with Crippen LogP contribution in [-0.4, -0.2) is 70.2 Å². The number of thiophene rings is 1. The monoisotopic (exact) mass is 438 g/mol. The summed E-state index contributed by atoms with van der Waals surface area (Å²) < 4.78 is 44.9. The number of sulfonamides is 1. The van der Waals surface area contributed by atoms with Gasteiger partial charge in [0.1, 0.15) is 13.2 Å². The minimum atomic E-state index is -3.65. The Morgan fingerprint density at radius 2 is 1.83 bits per heavy atom. The molecule has 0 aliphatic carbocycles. The second-order valence-corrected chi connectivity index (χ2v) is 10.0. The summed E-state index contributed by atoms with van der Waals surface area (Å²) in [5.74, 6) is 1.08. The Kier molecular flexibility index (Phi) is 6.71. The molecule has 0 spiro atoms. The Morgan fingerprint density at radius 3 is 2.59 bits per heavy atom. The summed E-state index contributed by atoms with van der Waals surface area (Å²) >= 11 is 1.57. The van der Waals surface area contributed by atoms with E-state index in [1.165, 1.54) is 0 Å². The fourth-order valence-corrected chi connectivity index (χ4v) is 5.76. The fraction of sp³-hybridized carbons (Fsp3) is 0.500. The van der Waals surface area contributed by atoms with Gasteiger partial charge in [0.05, 0.1) is 18.1 Å². The zero-order valence-electron chi connectivity index (χ0n) is 16.3. The summed E-state index contributed by atoms with van der Waals surface area (Å²) in [7, 11) is -3.65. The molecule has 1 saturated heterocycles. The Labute approximate surface area is 175 Å². The van der Waals surface area contributed by atoms with E-state index in [1.807, 2.05) is 17.5 Å². The van der Waals surface area contributed by atoms with Gasteiger partial charge in [0.15, 0.2) is 11.5 Å². The van der Waals surface area contributed by atoms with E-state index in [9.17, 15) is 8.42 Å². The predicted octanol–water partition coefficient (Wildman–Crippen LogP) is 2.43. The first-order valence-corrected chi connectivity index (χ1v) is 12.2. The first-order chi connectivity index (χ1) is 14.1. The van der Waals surface area contributed by atoms with Gasteiger partial charge >= 0.3 is 0 Å². The van der Waals surface area contributed by atoms with Crippen molar-refractivity contribution < 1.29 is 22.6 Å². The van der Waals surface area contributed by atoms with Crippen LogP contribution in [0.4, 0.5) is 0 Å². The van der Waals surface area contributed by atoms with E-state index in [0.29, 0.717) is 37.8 Å². The van der Waals surface area contributed by atoms with Gasteiger partial charge in [0.2, 0.25) is 10.0 Å². The topological polar surface area (TPSA) is 68.3 Å². The van der Waals surface area contributed by atoms with Crippen LogP contribution in [-0.2, 0) is 21.3 Å². The maximum absolute atomic E-state index is 13.4. The number of ether oxygens (including phenoxy) is 3. The average molecular weight is 439 g/mol. The summed E-state index contributed by atoms with van der Waals surface area (Å²) in [5.41, 5.74) is 0. The van der Waals surface area contributed by atoms with E-state index >= 15 is 0 Å². The number of fused-ring (bicyclic) bond motifs is 1. The highest BCUT2D eigenvalue weighted by Crippen LogP contribution is 2.33. The molecule has 3 heterocycles. The van der Waals surface area contributed by atoms with Crippen LogP contribution in [0.2, 0.25) is 0 Å². The SMILES string of the molecule is O=S(=O)(c1ccc2c(c1)OCCO2)N(CCCN1CCOCC1)Cc1cccs1. The molecule has 0 atom stereocenters. The Hall–Kier alpha value is -1.65. The van der Waals surface area contributed by atoms with Gasteiger partial charge in [0, 0.05) is 37.1 Å². The van der Waals surface area contributed by atoms with Crippen molar-refractivity contribution in [3.8, 4) is 11.5 Å². The highest BCUT2D eigenvalue weighted by molar-refractivity contribution is 7.89. The molecule has 2 aliphatic rings. The molecule has 1 aromatic carbocycles. The van der Waals surface area contributed by atoms with Gasteiger partial charge in [-0.25, -0.2) is 8.42 Å². The molecular formula is C20H26N2O5S2. The van der Waals surface area contributed by atoms with Crippen LogP contribution in [0.25, 0.3) is 0 Å². The van der Waals surface area contributed by atoms with Crippen LogP contribution in [0.3, 0.4) is 0 Å². The lowest BCUT2D eigenvalue weighted by Gasteiger charge is -2.28. The lowest BCUT2D eigenvalue weighted by Crippen LogP contribution is -2.39. The van der Waals surface area contributed by atoms with Crippen LogP contribution >= 0.6 is 11.3 Å². The van der Waals surface area contributed by atoms with Crippen LogP contribution in [0.5, 0.6) is 11.5 Å². The molecule has 0 radical (unpaired) electrons. The summed E-state index contributed by atoms with van der Waals surface area (Å²) in [5, 5.41) is 1.97.